The number of rotatable bonds is 8. The molecule has 0 aliphatic rings. The molecule has 0 spiro atoms. The van der Waals surface area contributed by atoms with Gasteiger partial charge in [0.05, 0.1) is 25.0 Å². The van der Waals surface area contributed by atoms with E-state index in [4.69, 9.17) is 14.2 Å². The van der Waals surface area contributed by atoms with Crippen LogP contribution in [0.2, 0.25) is 0 Å². The number of halogens is 1. The summed E-state index contributed by atoms with van der Waals surface area (Å²) in [5.41, 5.74) is 0.225. The maximum absolute atomic E-state index is 13.6. The summed E-state index contributed by atoms with van der Waals surface area (Å²) in [5.74, 6) is -0.678. The first-order valence-corrected chi connectivity index (χ1v) is 8.89. The van der Waals surface area contributed by atoms with Crippen LogP contribution in [0, 0.1) is 11.7 Å². The van der Waals surface area contributed by atoms with E-state index >= 15 is 0 Å². The summed E-state index contributed by atoms with van der Waals surface area (Å²) < 4.78 is 29.7. The molecule has 2 aromatic rings. The molecule has 0 bridgehead atoms. The van der Waals surface area contributed by atoms with Gasteiger partial charge in [0.2, 0.25) is 0 Å². The first-order valence-electron chi connectivity index (χ1n) is 8.89. The van der Waals surface area contributed by atoms with Gasteiger partial charge in [-0.25, -0.2) is 9.18 Å². The second-order valence-electron chi connectivity index (χ2n) is 6.59. The number of ether oxygens (including phenoxy) is 3. The molecule has 2 aromatic carbocycles. The van der Waals surface area contributed by atoms with Gasteiger partial charge in [0.15, 0.2) is 17.6 Å². The van der Waals surface area contributed by atoms with Crippen LogP contribution in [-0.4, -0.2) is 31.7 Å². The summed E-state index contributed by atoms with van der Waals surface area (Å²) in [7, 11) is 1.47. The third kappa shape index (κ3) is 5.70. The Morgan fingerprint density at radius 1 is 1.07 bits per heavy atom. The van der Waals surface area contributed by atoms with Crippen LogP contribution >= 0.6 is 0 Å². The van der Waals surface area contributed by atoms with Gasteiger partial charge in [-0.15, -0.1) is 0 Å². The molecule has 6 nitrogen and oxygen atoms in total. The van der Waals surface area contributed by atoms with Crippen LogP contribution < -0.4 is 14.8 Å². The normalized spacial score (nSPS) is 11.6. The predicted molar refractivity (Wildman–Crippen MR) is 103 cm³/mol. The summed E-state index contributed by atoms with van der Waals surface area (Å²) in [5, 5.41) is 2.39. The molecule has 7 heteroatoms. The fourth-order valence-electron chi connectivity index (χ4n) is 2.25. The molecule has 1 N–H and O–H groups in total. The van der Waals surface area contributed by atoms with Gasteiger partial charge in [0.25, 0.3) is 5.91 Å². The van der Waals surface area contributed by atoms with Gasteiger partial charge in [0.1, 0.15) is 5.82 Å². The minimum Gasteiger partial charge on any atom is -0.493 e. The molecular weight excluding hydrogens is 365 g/mol. The molecule has 0 radical (unpaired) electrons. The molecule has 1 amide bonds. The largest absolute Gasteiger partial charge is 0.493 e. The molecule has 0 unspecified atom stereocenters. The van der Waals surface area contributed by atoms with Gasteiger partial charge >= 0.3 is 5.97 Å². The molecule has 1 atom stereocenters. The van der Waals surface area contributed by atoms with Gasteiger partial charge in [-0.1, -0.05) is 26.0 Å². The zero-order chi connectivity index (χ0) is 20.7. The van der Waals surface area contributed by atoms with E-state index in [1.807, 2.05) is 13.8 Å². The fraction of sp³-hybridized carbons (Fsp3) is 0.333. The van der Waals surface area contributed by atoms with Gasteiger partial charge in [-0.05, 0) is 43.2 Å². The number of benzene rings is 2. The van der Waals surface area contributed by atoms with Crippen LogP contribution in [0.5, 0.6) is 11.5 Å². The molecule has 0 saturated heterocycles. The smallest absolute Gasteiger partial charge is 0.339 e. The zero-order valence-corrected chi connectivity index (χ0v) is 16.3. The van der Waals surface area contributed by atoms with E-state index in [9.17, 15) is 14.0 Å². The standard InChI is InChI=1S/C21H24FNO5/c1-13(2)12-27-18-10-9-15(11-19(18)26-4)21(25)28-14(3)20(24)23-17-8-6-5-7-16(17)22/h5-11,13-14H,12H2,1-4H3,(H,23,24)/t14-/m1/s1. The SMILES string of the molecule is COc1cc(C(=O)O[C@H](C)C(=O)Nc2ccccc2F)ccc1OCC(C)C. The van der Waals surface area contributed by atoms with E-state index in [0.717, 1.165) is 0 Å². The minimum absolute atomic E-state index is 0.0173. The van der Waals surface area contributed by atoms with E-state index in [0.29, 0.717) is 24.0 Å². The van der Waals surface area contributed by atoms with E-state index in [1.54, 1.807) is 12.1 Å². The molecule has 0 fully saturated rings. The van der Waals surface area contributed by atoms with E-state index in [1.165, 1.54) is 44.4 Å². The number of anilines is 1. The Bertz CT molecular complexity index is 837. The Labute approximate surface area is 163 Å². The number of carbonyl (C=O) groups is 2. The summed E-state index contributed by atoms with van der Waals surface area (Å²) in [6.45, 7) is 5.96. The van der Waals surface area contributed by atoms with Crippen molar-refractivity contribution in [3.8, 4) is 11.5 Å². The lowest BCUT2D eigenvalue weighted by Gasteiger charge is -2.15. The lowest BCUT2D eigenvalue weighted by Crippen LogP contribution is -2.30. The Morgan fingerprint density at radius 3 is 2.43 bits per heavy atom. The molecule has 0 heterocycles. The third-order valence-electron chi connectivity index (χ3n) is 3.76. The number of amides is 1. The fourth-order valence-corrected chi connectivity index (χ4v) is 2.25. The first-order chi connectivity index (χ1) is 13.3. The van der Waals surface area contributed by atoms with Crippen LogP contribution in [0.3, 0.4) is 0 Å². The second kappa shape index (κ2) is 9.73. The van der Waals surface area contributed by atoms with Gasteiger partial charge in [-0.3, -0.25) is 4.79 Å². The number of carbonyl (C=O) groups excluding carboxylic acids is 2. The Balaban J connectivity index is 2.03. The average Bonchev–Trinajstić information content (AvgIpc) is 2.67. The summed E-state index contributed by atoms with van der Waals surface area (Å²) in [4.78, 5) is 24.5. The van der Waals surface area contributed by atoms with Gasteiger partial charge in [-0.2, -0.15) is 0 Å². The highest BCUT2D eigenvalue weighted by molar-refractivity contribution is 5.97. The van der Waals surface area contributed by atoms with E-state index in [-0.39, 0.29) is 11.3 Å². The van der Waals surface area contributed by atoms with Crippen molar-refractivity contribution in [3.63, 3.8) is 0 Å². The first kappa shape index (κ1) is 21.2. The molecule has 28 heavy (non-hydrogen) atoms. The van der Waals surface area contributed by atoms with Gasteiger partial charge < -0.3 is 19.5 Å². The lowest BCUT2D eigenvalue weighted by atomic mass is 10.2. The maximum atomic E-state index is 13.6. The topological polar surface area (TPSA) is 73.9 Å². The molecule has 0 aliphatic carbocycles. The van der Waals surface area contributed by atoms with Crippen molar-refractivity contribution in [2.24, 2.45) is 5.92 Å². The van der Waals surface area contributed by atoms with Crippen LogP contribution in [-0.2, 0) is 9.53 Å². The Morgan fingerprint density at radius 2 is 1.79 bits per heavy atom. The summed E-state index contributed by atoms with van der Waals surface area (Å²) in [6, 6.07) is 10.4. The van der Waals surface area contributed by atoms with Crippen LogP contribution in [0.4, 0.5) is 10.1 Å². The quantitative estimate of drug-likeness (QED) is 0.690. The molecule has 2 rings (SSSR count). The molecule has 0 saturated carbocycles. The number of hydrogen-bond donors (Lipinski definition) is 1. The summed E-state index contributed by atoms with van der Waals surface area (Å²) >= 11 is 0. The zero-order valence-electron chi connectivity index (χ0n) is 16.3. The Hall–Kier alpha value is -3.09. The highest BCUT2D eigenvalue weighted by Crippen LogP contribution is 2.29. The van der Waals surface area contributed by atoms with Crippen molar-refractivity contribution in [2.75, 3.05) is 19.0 Å². The van der Waals surface area contributed by atoms with Crippen molar-refractivity contribution in [3.05, 3.63) is 53.8 Å². The predicted octanol–water partition coefficient (Wildman–Crippen LogP) is 4.05. The van der Waals surface area contributed by atoms with Crippen molar-refractivity contribution < 1.29 is 28.2 Å². The number of nitrogens with one attached hydrogen (secondary N) is 1. The molecular formula is C21H24FNO5. The lowest BCUT2D eigenvalue weighted by molar-refractivity contribution is -0.123. The van der Waals surface area contributed by atoms with Crippen LogP contribution in [0.25, 0.3) is 0 Å². The molecule has 150 valence electrons. The number of para-hydroxylation sites is 1. The monoisotopic (exact) mass is 389 g/mol. The maximum Gasteiger partial charge on any atom is 0.339 e. The van der Waals surface area contributed by atoms with E-state index < -0.39 is 23.8 Å². The van der Waals surface area contributed by atoms with Crippen molar-refractivity contribution in [1.82, 2.24) is 0 Å². The van der Waals surface area contributed by atoms with Crippen molar-refractivity contribution in [1.29, 1.82) is 0 Å². The highest BCUT2D eigenvalue weighted by atomic mass is 19.1. The average molecular weight is 389 g/mol. The Kier molecular flexibility index (Phi) is 7.37. The number of esters is 1. The number of methoxy groups -OCH3 is 1. The second-order valence-corrected chi connectivity index (χ2v) is 6.59. The number of hydrogen-bond acceptors (Lipinski definition) is 5. The minimum atomic E-state index is -1.12. The highest BCUT2D eigenvalue weighted by Gasteiger charge is 2.21. The molecule has 0 aromatic heterocycles. The van der Waals surface area contributed by atoms with Crippen molar-refractivity contribution in [2.45, 2.75) is 26.9 Å². The van der Waals surface area contributed by atoms with Crippen molar-refractivity contribution >= 4 is 17.6 Å². The van der Waals surface area contributed by atoms with Crippen LogP contribution in [0.15, 0.2) is 42.5 Å². The van der Waals surface area contributed by atoms with E-state index in [2.05, 4.69) is 5.32 Å². The van der Waals surface area contributed by atoms with Gasteiger partial charge in [0, 0.05) is 0 Å². The summed E-state index contributed by atoms with van der Waals surface area (Å²) in [6.07, 6.45) is -1.12. The van der Waals surface area contributed by atoms with Crippen LogP contribution in [0.1, 0.15) is 31.1 Å². The molecule has 0 aliphatic heterocycles. The third-order valence-corrected chi connectivity index (χ3v) is 3.76.